The lowest BCUT2D eigenvalue weighted by molar-refractivity contribution is 0.694. The normalized spacial score (nSPS) is 11.2. The highest BCUT2D eigenvalue weighted by atomic mass is 35.5. The van der Waals surface area contributed by atoms with Crippen LogP contribution in [0.4, 0.5) is 0 Å². The number of benzene rings is 1. The second kappa shape index (κ2) is 4.85. The van der Waals surface area contributed by atoms with Gasteiger partial charge in [-0.15, -0.1) is 0 Å². The monoisotopic (exact) mass is 237 g/mol. The van der Waals surface area contributed by atoms with Crippen LogP contribution >= 0.6 is 11.6 Å². The van der Waals surface area contributed by atoms with Gasteiger partial charge in [0.2, 0.25) is 0 Å². The minimum atomic E-state index is 0.746. The molecule has 0 aliphatic carbocycles. The number of aromatic nitrogens is 2. The van der Waals surface area contributed by atoms with Gasteiger partial charge >= 0.3 is 0 Å². The third-order valence-electron chi connectivity index (χ3n) is 2.79. The first kappa shape index (κ1) is 11.4. The Labute approximate surface area is 100 Å². The maximum atomic E-state index is 5.97. The van der Waals surface area contributed by atoms with Crippen LogP contribution in [0.5, 0.6) is 0 Å². The van der Waals surface area contributed by atoms with Gasteiger partial charge in [-0.2, -0.15) is 0 Å². The predicted octanol–water partition coefficient (Wildman–Crippen LogP) is 2.51. The number of halogens is 1. The standard InChI is InChI=1S/C12H16ClN3/c1-16-11-8-9(13)5-6-10(11)15-12(16)4-2-3-7-14/h5-6,8H,2-4,7,14H2,1H3. The summed E-state index contributed by atoms with van der Waals surface area (Å²) in [6.07, 6.45) is 3.10. The Balaban J connectivity index is 2.29. The average Bonchev–Trinajstić information content (AvgIpc) is 2.57. The summed E-state index contributed by atoms with van der Waals surface area (Å²) in [5.41, 5.74) is 7.58. The van der Waals surface area contributed by atoms with Crippen LogP contribution in [0.15, 0.2) is 18.2 Å². The van der Waals surface area contributed by atoms with E-state index in [4.69, 9.17) is 17.3 Å². The van der Waals surface area contributed by atoms with Crippen LogP contribution < -0.4 is 5.73 Å². The molecule has 0 unspecified atom stereocenters. The zero-order valence-electron chi connectivity index (χ0n) is 9.41. The van der Waals surface area contributed by atoms with Gasteiger partial charge in [0.1, 0.15) is 5.82 Å². The van der Waals surface area contributed by atoms with Gasteiger partial charge < -0.3 is 10.3 Å². The average molecular weight is 238 g/mol. The topological polar surface area (TPSA) is 43.8 Å². The van der Waals surface area contributed by atoms with E-state index in [0.717, 1.165) is 47.7 Å². The van der Waals surface area contributed by atoms with Gasteiger partial charge in [0.15, 0.2) is 0 Å². The summed E-state index contributed by atoms with van der Waals surface area (Å²) in [7, 11) is 2.03. The zero-order valence-corrected chi connectivity index (χ0v) is 10.2. The molecule has 2 rings (SSSR count). The molecule has 2 aromatic rings. The highest BCUT2D eigenvalue weighted by Crippen LogP contribution is 2.20. The van der Waals surface area contributed by atoms with Crippen LogP contribution in [0, 0.1) is 0 Å². The molecule has 0 saturated carbocycles. The van der Waals surface area contributed by atoms with Gasteiger partial charge in [0, 0.05) is 18.5 Å². The summed E-state index contributed by atoms with van der Waals surface area (Å²) >= 11 is 5.97. The van der Waals surface area contributed by atoms with Crippen LogP contribution in [-0.2, 0) is 13.5 Å². The number of hydrogen-bond donors (Lipinski definition) is 1. The van der Waals surface area contributed by atoms with Crippen LogP contribution in [0.3, 0.4) is 0 Å². The second-order valence-corrected chi connectivity index (χ2v) is 4.40. The fraction of sp³-hybridized carbons (Fsp3) is 0.417. The molecule has 0 amide bonds. The number of aryl methyl sites for hydroxylation is 2. The summed E-state index contributed by atoms with van der Waals surface area (Å²) in [6, 6.07) is 5.79. The van der Waals surface area contributed by atoms with E-state index in [-0.39, 0.29) is 0 Å². The first-order valence-corrected chi connectivity index (χ1v) is 5.91. The van der Waals surface area contributed by atoms with E-state index >= 15 is 0 Å². The minimum Gasteiger partial charge on any atom is -0.331 e. The van der Waals surface area contributed by atoms with Crippen molar-refractivity contribution in [2.45, 2.75) is 19.3 Å². The van der Waals surface area contributed by atoms with Crippen molar-refractivity contribution >= 4 is 22.6 Å². The van der Waals surface area contributed by atoms with Gasteiger partial charge in [0.25, 0.3) is 0 Å². The zero-order chi connectivity index (χ0) is 11.5. The molecular formula is C12H16ClN3. The highest BCUT2D eigenvalue weighted by molar-refractivity contribution is 6.31. The smallest absolute Gasteiger partial charge is 0.109 e. The lowest BCUT2D eigenvalue weighted by Gasteiger charge is -2.01. The first-order valence-electron chi connectivity index (χ1n) is 5.53. The van der Waals surface area contributed by atoms with E-state index in [2.05, 4.69) is 9.55 Å². The van der Waals surface area contributed by atoms with Crippen LogP contribution in [0.2, 0.25) is 5.02 Å². The number of nitrogens with zero attached hydrogens (tertiary/aromatic N) is 2. The molecule has 1 aromatic carbocycles. The molecule has 0 spiro atoms. The second-order valence-electron chi connectivity index (χ2n) is 3.97. The number of fused-ring (bicyclic) bond motifs is 1. The van der Waals surface area contributed by atoms with Crippen molar-refractivity contribution < 1.29 is 0 Å². The van der Waals surface area contributed by atoms with E-state index < -0.39 is 0 Å². The molecule has 0 fully saturated rings. The summed E-state index contributed by atoms with van der Waals surface area (Å²) in [4.78, 5) is 4.59. The van der Waals surface area contributed by atoms with E-state index in [1.807, 2.05) is 25.2 Å². The van der Waals surface area contributed by atoms with Crippen molar-refractivity contribution in [2.24, 2.45) is 12.8 Å². The van der Waals surface area contributed by atoms with E-state index in [1.54, 1.807) is 0 Å². The third kappa shape index (κ3) is 2.20. The molecular weight excluding hydrogens is 222 g/mol. The Bertz CT molecular complexity index is 490. The summed E-state index contributed by atoms with van der Waals surface area (Å²) in [6.45, 7) is 0.746. The molecule has 4 heteroatoms. The molecule has 2 N–H and O–H groups in total. The number of nitrogens with two attached hydrogens (primary N) is 1. The Morgan fingerprint density at radius 2 is 2.19 bits per heavy atom. The van der Waals surface area contributed by atoms with E-state index in [1.165, 1.54) is 0 Å². The third-order valence-corrected chi connectivity index (χ3v) is 3.03. The Morgan fingerprint density at radius 1 is 1.38 bits per heavy atom. The van der Waals surface area contributed by atoms with E-state index in [9.17, 15) is 0 Å². The number of hydrogen-bond acceptors (Lipinski definition) is 2. The summed E-state index contributed by atoms with van der Waals surface area (Å²) < 4.78 is 2.11. The number of rotatable bonds is 4. The fourth-order valence-electron chi connectivity index (χ4n) is 1.86. The molecule has 1 heterocycles. The molecule has 0 bridgehead atoms. The van der Waals surface area contributed by atoms with Crippen LogP contribution in [0.25, 0.3) is 11.0 Å². The summed E-state index contributed by atoms with van der Waals surface area (Å²) in [5.74, 6) is 1.10. The molecule has 0 radical (unpaired) electrons. The van der Waals surface area contributed by atoms with Crippen molar-refractivity contribution in [1.29, 1.82) is 0 Å². The Hall–Kier alpha value is -1.06. The lowest BCUT2D eigenvalue weighted by atomic mass is 10.2. The Morgan fingerprint density at radius 3 is 2.94 bits per heavy atom. The van der Waals surface area contributed by atoms with Crippen molar-refractivity contribution in [2.75, 3.05) is 6.54 Å². The molecule has 0 saturated heterocycles. The minimum absolute atomic E-state index is 0.746. The van der Waals surface area contributed by atoms with Crippen molar-refractivity contribution in [3.63, 3.8) is 0 Å². The van der Waals surface area contributed by atoms with Gasteiger partial charge in [0.05, 0.1) is 11.0 Å². The SMILES string of the molecule is Cn1c(CCCCN)nc2ccc(Cl)cc21. The van der Waals surface area contributed by atoms with Crippen LogP contribution in [0.1, 0.15) is 18.7 Å². The number of imidazole rings is 1. The molecule has 0 aliphatic heterocycles. The first-order chi connectivity index (χ1) is 7.72. The van der Waals surface area contributed by atoms with Crippen molar-refractivity contribution in [3.05, 3.63) is 29.0 Å². The molecule has 16 heavy (non-hydrogen) atoms. The van der Waals surface area contributed by atoms with Crippen molar-refractivity contribution in [1.82, 2.24) is 9.55 Å². The highest BCUT2D eigenvalue weighted by Gasteiger charge is 2.07. The fourth-order valence-corrected chi connectivity index (χ4v) is 2.03. The van der Waals surface area contributed by atoms with Crippen molar-refractivity contribution in [3.8, 4) is 0 Å². The lowest BCUT2D eigenvalue weighted by Crippen LogP contribution is -2.02. The predicted molar refractivity (Wildman–Crippen MR) is 67.7 cm³/mol. The summed E-state index contributed by atoms with van der Waals surface area (Å²) in [5, 5.41) is 0.754. The van der Waals surface area contributed by atoms with Gasteiger partial charge in [-0.05, 0) is 37.6 Å². The Kier molecular flexibility index (Phi) is 3.46. The maximum absolute atomic E-state index is 5.97. The molecule has 3 nitrogen and oxygen atoms in total. The number of unbranched alkanes of at least 4 members (excludes halogenated alkanes) is 1. The molecule has 86 valence electrons. The molecule has 0 aliphatic rings. The van der Waals surface area contributed by atoms with E-state index in [0.29, 0.717) is 0 Å². The molecule has 0 atom stereocenters. The largest absolute Gasteiger partial charge is 0.331 e. The maximum Gasteiger partial charge on any atom is 0.109 e. The van der Waals surface area contributed by atoms with Gasteiger partial charge in [-0.3, -0.25) is 0 Å². The molecule has 1 aromatic heterocycles. The van der Waals surface area contributed by atoms with Gasteiger partial charge in [-0.25, -0.2) is 4.98 Å². The van der Waals surface area contributed by atoms with Gasteiger partial charge in [-0.1, -0.05) is 11.6 Å². The van der Waals surface area contributed by atoms with Crippen LogP contribution in [-0.4, -0.2) is 16.1 Å². The quantitative estimate of drug-likeness (QED) is 0.831.